The minimum absolute atomic E-state index is 0.869. The predicted octanol–water partition coefficient (Wildman–Crippen LogP) is 5.43. The van der Waals surface area contributed by atoms with Gasteiger partial charge in [0.25, 0.3) is 0 Å². The quantitative estimate of drug-likeness (QED) is 0.526. The van der Waals surface area contributed by atoms with Crippen LogP contribution >= 0.6 is 31.9 Å². The Bertz CT molecular complexity index is 723. The van der Waals surface area contributed by atoms with Gasteiger partial charge in [-0.05, 0) is 39.7 Å². The van der Waals surface area contributed by atoms with Crippen LogP contribution in [0, 0.1) is 0 Å². The highest BCUT2D eigenvalue weighted by Gasteiger charge is 2.09. The van der Waals surface area contributed by atoms with Crippen molar-refractivity contribution >= 4 is 42.8 Å². The number of hydrogen-bond acceptors (Lipinski definition) is 1. The fourth-order valence-electron chi connectivity index (χ4n) is 1.96. The van der Waals surface area contributed by atoms with E-state index in [0.29, 0.717) is 0 Å². The number of nitrogens with zero attached hydrogens (tertiary/aromatic N) is 1. The van der Waals surface area contributed by atoms with E-state index in [4.69, 9.17) is 0 Å². The maximum atomic E-state index is 4.59. The van der Waals surface area contributed by atoms with Crippen molar-refractivity contribution in [3.05, 3.63) is 63.7 Å². The zero-order valence-corrected chi connectivity index (χ0v) is 12.6. The third kappa shape index (κ3) is 2.08. The second kappa shape index (κ2) is 4.82. The lowest BCUT2D eigenvalue weighted by molar-refractivity contribution is 1.35. The molecule has 0 aliphatic heterocycles. The van der Waals surface area contributed by atoms with E-state index in [1.165, 1.54) is 0 Å². The molecule has 0 aliphatic carbocycles. The van der Waals surface area contributed by atoms with Crippen LogP contribution in [0.3, 0.4) is 0 Å². The maximum Gasteiger partial charge on any atom is 0.114 e. The fraction of sp³-hybridized carbons (Fsp3) is 0. The summed E-state index contributed by atoms with van der Waals surface area (Å²) in [7, 11) is 0. The molecule has 0 unspecified atom stereocenters. The molecule has 0 spiro atoms. The largest absolute Gasteiger partial charge is 0.240 e. The number of hydrogen-bond donors (Lipinski definition) is 0. The van der Waals surface area contributed by atoms with Gasteiger partial charge in [-0.1, -0.05) is 52.3 Å². The van der Waals surface area contributed by atoms with Gasteiger partial charge in [-0.15, -0.1) is 0 Å². The van der Waals surface area contributed by atoms with Crippen molar-refractivity contribution in [2.24, 2.45) is 0 Å². The summed E-state index contributed by atoms with van der Waals surface area (Å²) in [6.07, 6.45) is 0. The molecule has 0 bridgehead atoms. The van der Waals surface area contributed by atoms with Gasteiger partial charge in [0.2, 0.25) is 0 Å². The molecule has 0 atom stereocenters. The molecule has 0 fully saturated rings. The van der Waals surface area contributed by atoms with Gasteiger partial charge in [0, 0.05) is 15.4 Å². The highest BCUT2D eigenvalue weighted by atomic mass is 79.9. The van der Waals surface area contributed by atoms with Gasteiger partial charge >= 0.3 is 0 Å². The van der Waals surface area contributed by atoms with E-state index < -0.39 is 0 Å². The molecule has 18 heavy (non-hydrogen) atoms. The molecule has 0 N–H and O–H groups in total. The first-order chi connectivity index (χ1) is 8.75. The first-order valence-electron chi connectivity index (χ1n) is 5.56. The monoisotopic (exact) mass is 361 g/mol. The molecular weight excluding hydrogens is 354 g/mol. The van der Waals surface area contributed by atoms with E-state index in [9.17, 15) is 0 Å². The minimum Gasteiger partial charge on any atom is -0.240 e. The molecular formula is C15H9Br2N. The van der Waals surface area contributed by atoms with Crippen molar-refractivity contribution in [1.29, 1.82) is 0 Å². The summed E-state index contributed by atoms with van der Waals surface area (Å²) in [6, 6.07) is 18.4. The van der Waals surface area contributed by atoms with E-state index in [-0.39, 0.29) is 0 Å². The van der Waals surface area contributed by atoms with Crippen LogP contribution in [0.1, 0.15) is 0 Å². The maximum absolute atomic E-state index is 4.59. The van der Waals surface area contributed by atoms with E-state index in [0.717, 1.165) is 31.1 Å². The predicted molar refractivity (Wildman–Crippen MR) is 82.6 cm³/mol. The molecule has 3 heteroatoms. The van der Waals surface area contributed by atoms with Gasteiger partial charge in [-0.3, -0.25) is 0 Å². The van der Waals surface area contributed by atoms with Crippen molar-refractivity contribution in [2.75, 3.05) is 0 Å². The van der Waals surface area contributed by atoms with E-state index in [2.05, 4.69) is 55.0 Å². The number of halogens is 2. The van der Waals surface area contributed by atoms with Gasteiger partial charge in [0.15, 0.2) is 0 Å². The average molecular weight is 363 g/mol. The van der Waals surface area contributed by atoms with Crippen molar-refractivity contribution in [2.45, 2.75) is 0 Å². The van der Waals surface area contributed by atoms with E-state index in [1.807, 2.05) is 36.4 Å². The third-order valence-corrected chi connectivity index (χ3v) is 4.14. The Labute approximate surface area is 122 Å². The smallest absolute Gasteiger partial charge is 0.114 e. The summed E-state index contributed by atoms with van der Waals surface area (Å²) in [5.41, 5.74) is 3.24. The SMILES string of the molecule is Brc1ccccc1-c1cc2ccccc2nc1Br. The number of rotatable bonds is 1. The first-order valence-corrected chi connectivity index (χ1v) is 7.14. The van der Waals surface area contributed by atoms with Gasteiger partial charge in [-0.2, -0.15) is 0 Å². The zero-order valence-electron chi connectivity index (χ0n) is 9.40. The van der Waals surface area contributed by atoms with Gasteiger partial charge in [-0.25, -0.2) is 4.98 Å². The Morgan fingerprint density at radius 3 is 2.33 bits per heavy atom. The van der Waals surface area contributed by atoms with Crippen LogP contribution in [0.4, 0.5) is 0 Å². The second-order valence-corrected chi connectivity index (χ2v) is 5.60. The van der Waals surface area contributed by atoms with Crippen LogP contribution in [0.5, 0.6) is 0 Å². The van der Waals surface area contributed by atoms with Crippen LogP contribution in [0.15, 0.2) is 63.7 Å². The number of fused-ring (bicyclic) bond motifs is 1. The zero-order chi connectivity index (χ0) is 12.5. The molecule has 2 aromatic carbocycles. The lowest BCUT2D eigenvalue weighted by Gasteiger charge is -2.08. The van der Waals surface area contributed by atoms with Gasteiger partial charge in [0.05, 0.1) is 5.52 Å². The molecule has 0 radical (unpaired) electrons. The molecule has 3 aromatic rings. The molecule has 1 nitrogen and oxygen atoms in total. The molecule has 0 saturated heterocycles. The number of aromatic nitrogens is 1. The molecule has 1 aromatic heterocycles. The Morgan fingerprint density at radius 2 is 1.50 bits per heavy atom. The molecule has 0 saturated carbocycles. The summed E-state index contributed by atoms with van der Waals surface area (Å²) in [4.78, 5) is 4.59. The summed E-state index contributed by atoms with van der Waals surface area (Å²) in [6.45, 7) is 0. The minimum atomic E-state index is 0.869. The van der Waals surface area contributed by atoms with Crippen LogP contribution in [-0.2, 0) is 0 Å². The fourth-order valence-corrected chi connectivity index (χ4v) is 2.98. The van der Waals surface area contributed by atoms with Crippen molar-refractivity contribution in [3.63, 3.8) is 0 Å². The molecule has 1 heterocycles. The Hall–Kier alpha value is -1.19. The standard InChI is InChI=1S/C15H9Br2N/c16-13-7-3-2-6-11(13)12-9-10-5-1-4-8-14(10)18-15(12)17/h1-9H. The van der Waals surface area contributed by atoms with Crippen LogP contribution in [-0.4, -0.2) is 4.98 Å². The number of benzene rings is 2. The van der Waals surface area contributed by atoms with E-state index >= 15 is 0 Å². The highest BCUT2D eigenvalue weighted by molar-refractivity contribution is 9.11. The van der Waals surface area contributed by atoms with Gasteiger partial charge in [0.1, 0.15) is 4.60 Å². The third-order valence-electron chi connectivity index (χ3n) is 2.84. The van der Waals surface area contributed by atoms with Crippen LogP contribution < -0.4 is 0 Å². The topological polar surface area (TPSA) is 12.9 Å². The van der Waals surface area contributed by atoms with Crippen LogP contribution in [0.25, 0.3) is 22.0 Å². The normalized spacial score (nSPS) is 10.8. The number of para-hydroxylation sites is 1. The summed E-state index contributed by atoms with van der Waals surface area (Å²) in [5, 5.41) is 1.14. The Morgan fingerprint density at radius 1 is 0.778 bits per heavy atom. The first kappa shape index (κ1) is 11.9. The number of pyridine rings is 1. The second-order valence-electron chi connectivity index (χ2n) is 4.00. The summed E-state index contributed by atoms with van der Waals surface area (Å²) < 4.78 is 1.94. The molecule has 3 rings (SSSR count). The highest BCUT2D eigenvalue weighted by Crippen LogP contribution is 2.34. The van der Waals surface area contributed by atoms with Crippen molar-refractivity contribution in [3.8, 4) is 11.1 Å². The van der Waals surface area contributed by atoms with Crippen molar-refractivity contribution in [1.82, 2.24) is 4.98 Å². The Kier molecular flexibility index (Phi) is 3.18. The molecule has 0 aliphatic rings. The molecule has 88 valence electrons. The molecule has 0 amide bonds. The van der Waals surface area contributed by atoms with Crippen molar-refractivity contribution < 1.29 is 0 Å². The Balaban J connectivity index is 2.30. The summed E-state index contributed by atoms with van der Waals surface area (Å²) >= 11 is 7.14. The van der Waals surface area contributed by atoms with Gasteiger partial charge < -0.3 is 0 Å². The summed E-state index contributed by atoms with van der Waals surface area (Å²) in [5.74, 6) is 0. The lowest BCUT2D eigenvalue weighted by Crippen LogP contribution is -1.87. The van der Waals surface area contributed by atoms with E-state index in [1.54, 1.807) is 0 Å². The average Bonchev–Trinajstić information content (AvgIpc) is 2.39. The van der Waals surface area contributed by atoms with Crippen LogP contribution in [0.2, 0.25) is 0 Å². The lowest BCUT2D eigenvalue weighted by atomic mass is 10.1.